The molecular formula is C114H72N8. The highest BCUT2D eigenvalue weighted by Crippen LogP contribution is 2.48. The van der Waals surface area contributed by atoms with Crippen LogP contribution in [-0.2, 0) is 0 Å². The third kappa shape index (κ3) is 13.6. The third-order valence-electron chi connectivity index (χ3n) is 23.5. The van der Waals surface area contributed by atoms with Crippen LogP contribution < -0.4 is 0 Å². The molecule has 19 aromatic carbocycles. The summed E-state index contributed by atoms with van der Waals surface area (Å²) in [4.78, 5) is 40.3. The van der Waals surface area contributed by atoms with Crippen LogP contribution in [0.5, 0.6) is 0 Å². The van der Waals surface area contributed by atoms with E-state index in [0.717, 1.165) is 111 Å². The van der Waals surface area contributed by atoms with Gasteiger partial charge in [0.15, 0.2) is 34.9 Å². The number of hydrogen-bond donors (Lipinski definition) is 0. The second-order valence-electron chi connectivity index (χ2n) is 30.9. The molecule has 0 aliphatic heterocycles. The first-order valence-electron chi connectivity index (χ1n) is 41.1. The average molecular weight is 1550 g/mol. The van der Waals surface area contributed by atoms with E-state index >= 15 is 0 Å². The Morgan fingerprint density at radius 3 is 0.631 bits per heavy atom. The standard InChI is InChI=1S/C60H38N4.C54H34N4/c1-3-14-39(15-4-1)41-25-29-43(30-26-41)58-62-59(44-31-27-42(28-32-44)40-16-5-2-6-17-40)64-60(63-58)48-35-46(45-18-13-33-61-38-45)34-47(36-48)55-37-56-51-21-8-7-19-49(51)50-20-9-11-23-53(50)57(56)54-24-12-10-22-52(54)55;1-3-14-35(15-4-1)36-25-27-38(28-26-36)53-56-52(37-16-5-2-6-17-37)57-54(58-53)42-31-40(39-18-13-29-55-34-39)30-41(32-42)49-33-50-45-21-8-7-19-43(45)44-20-9-11-23-47(44)51(50)48-24-12-10-22-46(48)49/h1-38H;1-34H. The Bertz CT molecular complexity index is 7830. The zero-order valence-corrected chi connectivity index (χ0v) is 66.1. The summed E-state index contributed by atoms with van der Waals surface area (Å²) in [5.41, 5.74) is 20.8. The number of nitrogens with zero attached hydrogens (tertiary/aromatic N) is 8. The van der Waals surface area contributed by atoms with E-state index in [1.807, 2.05) is 85.5 Å². The van der Waals surface area contributed by atoms with Gasteiger partial charge >= 0.3 is 0 Å². The van der Waals surface area contributed by atoms with Crippen molar-refractivity contribution in [3.63, 3.8) is 0 Å². The fraction of sp³-hybridized carbons (Fsp3) is 0. The molecule has 0 amide bonds. The van der Waals surface area contributed by atoms with Crippen molar-refractivity contribution >= 4 is 86.2 Å². The monoisotopic (exact) mass is 1550 g/mol. The first-order valence-corrected chi connectivity index (χ1v) is 41.1. The molecule has 0 saturated heterocycles. The minimum absolute atomic E-state index is 0.591. The molecule has 122 heavy (non-hydrogen) atoms. The smallest absolute Gasteiger partial charge is 0.164 e. The lowest BCUT2D eigenvalue weighted by atomic mass is 9.86. The lowest BCUT2D eigenvalue weighted by Gasteiger charge is -2.17. The van der Waals surface area contributed by atoms with Crippen LogP contribution in [0.25, 0.3) is 232 Å². The molecule has 0 atom stereocenters. The highest BCUT2D eigenvalue weighted by molar-refractivity contribution is 6.34. The molecule has 4 heterocycles. The zero-order valence-electron chi connectivity index (χ0n) is 66.1. The Balaban J connectivity index is 0.000000146. The van der Waals surface area contributed by atoms with Crippen LogP contribution in [0, 0.1) is 0 Å². The molecule has 8 nitrogen and oxygen atoms in total. The van der Waals surface area contributed by atoms with Crippen LogP contribution in [0.15, 0.2) is 437 Å². The van der Waals surface area contributed by atoms with Crippen LogP contribution in [0.1, 0.15) is 0 Å². The SMILES string of the molecule is c1ccc(-c2ccc(-c3nc(-c4ccc(-c5ccccc5)cc4)nc(-c4cc(-c5cccnc5)cc(-c5cc6c7ccccc7c7ccccc7c6c6ccccc56)c4)n3)cc2)cc1.c1ccc(-c2ccc(-c3nc(-c4ccccc4)nc(-c4cc(-c5cccnc5)cc(-c5cc6c7ccccc7c7ccccc7c6c6ccccc56)c4)n3)cc2)cc1. The van der Waals surface area contributed by atoms with Crippen molar-refractivity contribution in [2.24, 2.45) is 0 Å². The fourth-order valence-electron chi connectivity index (χ4n) is 17.7. The zero-order chi connectivity index (χ0) is 80.8. The summed E-state index contributed by atoms with van der Waals surface area (Å²) < 4.78 is 0. The van der Waals surface area contributed by atoms with Crippen LogP contribution in [0.2, 0.25) is 0 Å². The van der Waals surface area contributed by atoms with Crippen molar-refractivity contribution in [3.8, 4) is 146 Å². The molecule has 0 bridgehead atoms. The number of hydrogen-bond acceptors (Lipinski definition) is 8. The number of pyridine rings is 2. The van der Waals surface area contributed by atoms with Gasteiger partial charge < -0.3 is 0 Å². The maximum absolute atomic E-state index is 5.29. The molecule has 0 N–H and O–H groups in total. The minimum Gasteiger partial charge on any atom is -0.264 e. The van der Waals surface area contributed by atoms with Gasteiger partial charge in [0.05, 0.1) is 0 Å². The molecule has 0 aliphatic carbocycles. The third-order valence-corrected chi connectivity index (χ3v) is 23.5. The quantitative estimate of drug-likeness (QED) is 0.105. The molecule has 0 fully saturated rings. The van der Waals surface area contributed by atoms with E-state index in [1.165, 1.54) is 86.2 Å². The van der Waals surface area contributed by atoms with Crippen LogP contribution >= 0.6 is 0 Å². The van der Waals surface area contributed by atoms with E-state index in [-0.39, 0.29) is 0 Å². The van der Waals surface area contributed by atoms with E-state index in [1.54, 1.807) is 0 Å². The summed E-state index contributed by atoms with van der Waals surface area (Å²) in [6.45, 7) is 0. The van der Waals surface area contributed by atoms with Crippen molar-refractivity contribution in [3.05, 3.63) is 437 Å². The van der Waals surface area contributed by atoms with E-state index in [0.29, 0.717) is 34.9 Å². The molecule has 8 heteroatoms. The number of fused-ring (bicyclic) bond motifs is 16. The molecule has 0 unspecified atom stereocenters. The lowest BCUT2D eigenvalue weighted by Crippen LogP contribution is -2.01. The maximum Gasteiger partial charge on any atom is 0.164 e. The van der Waals surface area contributed by atoms with Crippen LogP contribution in [0.3, 0.4) is 0 Å². The Morgan fingerprint density at radius 1 is 0.123 bits per heavy atom. The summed E-state index contributed by atoms with van der Waals surface area (Å²) in [5, 5.41) is 19.8. The summed E-state index contributed by atoms with van der Waals surface area (Å²) in [6, 6.07) is 146. The Morgan fingerprint density at radius 2 is 0.328 bits per heavy atom. The highest BCUT2D eigenvalue weighted by atomic mass is 15.0. The van der Waals surface area contributed by atoms with Crippen molar-refractivity contribution in [2.75, 3.05) is 0 Å². The van der Waals surface area contributed by atoms with E-state index in [2.05, 4.69) is 362 Å². The Labute approximate surface area is 704 Å². The van der Waals surface area contributed by atoms with Gasteiger partial charge in [-0.05, 0) is 214 Å². The first kappa shape index (κ1) is 72.1. The molecule has 23 aromatic rings. The van der Waals surface area contributed by atoms with Gasteiger partial charge in [-0.3, -0.25) is 9.97 Å². The first-order chi connectivity index (χ1) is 60.5. The number of rotatable bonds is 13. The molecule has 0 spiro atoms. The largest absolute Gasteiger partial charge is 0.264 e. The van der Waals surface area contributed by atoms with Gasteiger partial charge in [-0.25, -0.2) is 29.9 Å². The second kappa shape index (κ2) is 31.2. The van der Waals surface area contributed by atoms with Gasteiger partial charge in [-0.1, -0.05) is 352 Å². The molecule has 23 rings (SSSR count). The molecular weight excluding hydrogens is 1480 g/mol. The minimum atomic E-state index is 0.591. The topological polar surface area (TPSA) is 103 Å². The van der Waals surface area contributed by atoms with Crippen molar-refractivity contribution in [1.82, 2.24) is 39.9 Å². The van der Waals surface area contributed by atoms with Gasteiger partial charge in [0.25, 0.3) is 0 Å². The summed E-state index contributed by atoms with van der Waals surface area (Å²) >= 11 is 0. The lowest BCUT2D eigenvalue weighted by molar-refractivity contribution is 1.07. The van der Waals surface area contributed by atoms with Gasteiger partial charge in [0.2, 0.25) is 0 Å². The van der Waals surface area contributed by atoms with E-state index < -0.39 is 0 Å². The van der Waals surface area contributed by atoms with Gasteiger partial charge in [0, 0.05) is 69.3 Å². The van der Waals surface area contributed by atoms with E-state index in [4.69, 9.17) is 29.9 Å². The van der Waals surface area contributed by atoms with Gasteiger partial charge in [-0.2, -0.15) is 0 Å². The predicted octanol–water partition coefficient (Wildman–Crippen LogP) is 29.4. The Hall–Kier alpha value is -16.4. The van der Waals surface area contributed by atoms with Crippen molar-refractivity contribution < 1.29 is 0 Å². The van der Waals surface area contributed by atoms with Crippen LogP contribution in [0.4, 0.5) is 0 Å². The molecule has 0 saturated carbocycles. The fourth-order valence-corrected chi connectivity index (χ4v) is 17.7. The summed E-state index contributed by atoms with van der Waals surface area (Å²) in [7, 11) is 0. The van der Waals surface area contributed by atoms with E-state index in [9.17, 15) is 0 Å². The number of benzene rings is 19. The molecule has 0 aliphatic rings. The second-order valence-corrected chi connectivity index (χ2v) is 30.9. The number of aromatic nitrogens is 8. The molecule has 4 aromatic heterocycles. The molecule has 0 radical (unpaired) electrons. The van der Waals surface area contributed by atoms with Crippen LogP contribution in [-0.4, -0.2) is 39.9 Å². The maximum atomic E-state index is 5.29. The highest BCUT2D eigenvalue weighted by Gasteiger charge is 2.23. The summed E-state index contributed by atoms with van der Waals surface area (Å²) in [5.74, 6) is 3.64. The van der Waals surface area contributed by atoms with Crippen molar-refractivity contribution in [1.29, 1.82) is 0 Å². The summed E-state index contributed by atoms with van der Waals surface area (Å²) in [6.07, 6.45) is 7.47. The normalized spacial score (nSPS) is 11.4. The molecule has 568 valence electrons. The predicted molar refractivity (Wildman–Crippen MR) is 506 cm³/mol. The van der Waals surface area contributed by atoms with Crippen molar-refractivity contribution in [2.45, 2.75) is 0 Å². The van der Waals surface area contributed by atoms with Gasteiger partial charge in [0.1, 0.15) is 0 Å². The average Bonchev–Trinajstić information content (AvgIpc) is 0.722. The van der Waals surface area contributed by atoms with Gasteiger partial charge in [-0.15, -0.1) is 0 Å². The Kier molecular flexibility index (Phi) is 18.4.